The van der Waals surface area contributed by atoms with Crippen LogP contribution in [0.2, 0.25) is 0 Å². The summed E-state index contributed by atoms with van der Waals surface area (Å²) in [6.07, 6.45) is 3.67. The van der Waals surface area contributed by atoms with E-state index in [1.165, 1.54) is 0 Å². The molecule has 5 aromatic rings. The summed E-state index contributed by atoms with van der Waals surface area (Å²) < 4.78 is 1.92. The van der Waals surface area contributed by atoms with E-state index in [2.05, 4.69) is 15.2 Å². The van der Waals surface area contributed by atoms with Crippen LogP contribution in [-0.4, -0.2) is 30.7 Å². The number of hydrogen-bond acceptors (Lipinski definition) is 4. The first-order chi connectivity index (χ1) is 13.7. The van der Waals surface area contributed by atoms with Crippen molar-refractivity contribution in [3.8, 4) is 22.5 Å². The van der Waals surface area contributed by atoms with Crippen LogP contribution in [0.5, 0.6) is 0 Å². The molecule has 0 bridgehead atoms. The van der Waals surface area contributed by atoms with Crippen LogP contribution in [0.25, 0.3) is 39.1 Å². The van der Waals surface area contributed by atoms with Gasteiger partial charge in [-0.3, -0.25) is 9.38 Å². The third kappa shape index (κ3) is 2.59. The fourth-order valence-corrected chi connectivity index (χ4v) is 3.38. The van der Waals surface area contributed by atoms with Crippen LogP contribution >= 0.6 is 0 Å². The Balaban J connectivity index is 1.65. The lowest BCUT2D eigenvalue weighted by Gasteiger charge is -2.06. The molecule has 6 nitrogen and oxygen atoms in total. The van der Waals surface area contributed by atoms with Gasteiger partial charge in [0.2, 0.25) is 0 Å². The molecule has 134 valence electrons. The quantitative estimate of drug-likeness (QED) is 0.515. The first-order valence-electron chi connectivity index (χ1n) is 8.73. The van der Waals surface area contributed by atoms with Crippen molar-refractivity contribution >= 4 is 22.5 Å². The van der Waals surface area contributed by atoms with E-state index in [4.69, 9.17) is 0 Å². The van der Waals surface area contributed by atoms with Crippen LogP contribution in [0.15, 0.2) is 79.1 Å². The molecule has 0 spiro atoms. The van der Waals surface area contributed by atoms with Crippen molar-refractivity contribution in [3.05, 3.63) is 84.7 Å². The Bertz CT molecular complexity index is 1350. The third-order valence-electron chi connectivity index (χ3n) is 4.74. The molecule has 0 aliphatic heterocycles. The molecule has 0 saturated carbocycles. The average molecular weight is 366 g/mol. The lowest BCUT2D eigenvalue weighted by atomic mass is 10.0. The van der Waals surface area contributed by atoms with E-state index in [0.29, 0.717) is 5.65 Å². The van der Waals surface area contributed by atoms with Crippen LogP contribution in [0.1, 0.15) is 10.4 Å². The molecule has 6 heteroatoms. The van der Waals surface area contributed by atoms with Gasteiger partial charge in [-0.25, -0.2) is 4.79 Å². The molecule has 0 fully saturated rings. The first-order valence-corrected chi connectivity index (χ1v) is 8.73. The molecular weight excluding hydrogens is 352 g/mol. The second-order valence-corrected chi connectivity index (χ2v) is 6.43. The summed E-state index contributed by atoms with van der Waals surface area (Å²) in [5.41, 5.74) is 4.50. The second-order valence-electron chi connectivity index (χ2n) is 6.43. The van der Waals surface area contributed by atoms with Gasteiger partial charge in [-0.2, -0.15) is 0 Å². The zero-order valence-corrected chi connectivity index (χ0v) is 14.6. The Morgan fingerprint density at radius 2 is 1.75 bits per heavy atom. The number of pyridine rings is 2. The minimum Gasteiger partial charge on any atom is -0.478 e. The highest BCUT2D eigenvalue weighted by molar-refractivity contribution is 5.93. The van der Waals surface area contributed by atoms with E-state index in [0.717, 1.165) is 33.4 Å². The molecule has 28 heavy (non-hydrogen) atoms. The smallest absolute Gasteiger partial charge is 0.335 e. The lowest BCUT2D eigenvalue weighted by molar-refractivity contribution is 0.0697. The lowest BCUT2D eigenvalue weighted by Crippen LogP contribution is -1.96. The molecule has 5 rings (SSSR count). The number of rotatable bonds is 3. The van der Waals surface area contributed by atoms with E-state index in [-0.39, 0.29) is 5.56 Å². The van der Waals surface area contributed by atoms with Crippen molar-refractivity contribution in [2.45, 2.75) is 0 Å². The molecular formula is C22H14N4O2. The van der Waals surface area contributed by atoms with Gasteiger partial charge in [0.25, 0.3) is 0 Å². The first kappa shape index (κ1) is 16.1. The van der Waals surface area contributed by atoms with Gasteiger partial charge in [0.05, 0.1) is 11.1 Å². The topological polar surface area (TPSA) is 80.4 Å². The number of benzene rings is 2. The normalized spacial score (nSPS) is 11.1. The van der Waals surface area contributed by atoms with Gasteiger partial charge in [0.1, 0.15) is 0 Å². The maximum absolute atomic E-state index is 11.2. The Hall–Kier alpha value is -4.06. The average Bonchev–Trinajstić information content (AvgIpc) is 3.16. The molecule has 0 atom stereocenters. The second kappa shape index (κ2) is 6.28. The van der Waals surface area contributed by atoms with Gasteiger partial charge in [-0.05, 0) is 47.5 Å². The maximum atomic E-state index is 11.2. The Morgan fingerprint density at radius 1 is 0.893 bits per heavy atom. The maximum Gasteiger partial charge on any atom is 0.335 e. The summed E-state index contributed by atoms with van der Waals surface area (Å²) in [5, 5.41) is 18.9. The zero-order chi connectivity index (χ0) is 19.1. The highest BCUT2D eigenvalue weighted by Gasteiger charge is 2.13. The standard InChI is InChI=1S/C22H14N4O2/c27-22(28)16-5-3-4-14(12-16)15-9-11-26-20(13-15)24-25-21(26)18-8-10-23-19-7-2-1-6-17(18)19/h1-13H,(H,27,28). The minimum absolute atomic E-state index is 0.253. The molecule has 3 heterocycles. The summed E-state index contributed by atoms with van der Waals surface area (Å²) in [6.45, 7) is 0. The third-order valence-corrected chi connectivity index (χ3v) is 4.74. The van der Waals surface area contributed by atoms with E-state index in [1.54, 1.807) is 24.4 Å². The van der Waals surface area contributed by atoms with Crippen LogP contribution in [0, 0.1) is 0 Å². The molecule has 0 radical (unpaired) electrons. The molecule has 0 amide bonds. The number of para-hydroxylation sites is 1. The number of nitrogens with zero attached hydrogens (tertiary/aromatic N) is 4. The fourth-order valence-electron chi connectivity index (χ4n) is 3.38. The fraction of sp³-hybridized carbons (Fsp3) is 0. The summed E-state index contributed by atoms with van der Waals surface area (Å²) in [5.74, 6) is -0.211. The van der Waals surface area contributed by atoms with Gasteiger partial charge in [0, 0.05) is 23.3 Å². The van der Waals surface area contributed by atoms with Gasteiger partial charge in [-0.1, -0.05) is 30.3 Å². The number of carboxylic acids is 1. The summed E-state index contributed by atoms with van der Waals surface area (Å²) in [6, 6.07) is 20.5. The SMILES string of the molecule is O=C(O)c1cccc(-c2ccn3c(-c4ccnc5ccccc45)nnc3c2)c1. The molecule has 3 aromatic heterocycles. The number of hydrogen-bond donors (Lipinski definition) is 1. The highest BCUT2D eigenvalue weighted by atomic mass is 16.4. The molecule has 0 aliphatic rings. The van der Waals surface area contributed by atoms with Crippen molar-refractivity contribution in [2.75, 3.05) is 0 Å². The summed E-state index contributed by atoms with van der Waals surface area (Å²) in [7, 11) is 0. The van der Waals surface area contributed by atoms with Crippen LogP contribution in [-0.2, 0) is 0 Å². The van der Waals surface area contributed by atoms with Gasteiger partial charge in [0.15, 0.2) is 11.5 Å². The van der Waals surface area contributed by atoms with E-state index in [9.17, 15) is 9.90 Å². The Labute approximate surface area is 159 Å². The van der Waals surface area contributed by atoms with Crippen molar-refractivity contribution in [2.24, 2.45) is 0 Å². The number of fused-ring (bicyclic) bond motifs is 2. The molecule has 0 saturated heterocycles. The Morgan fingerprint density at radius 3 is 2.64 bits per heavy atom. The van der Waals surface area contributed by atoms with E-state index < -0.39 is 5.97 Å². The highest BCUT2D eigenvalue weighted by Crippen LogP contribution is 2.28. The summed E-state index contributed by atoms with van der Waals surface area (Å²) >= 11 is 0. The van der Waals surface area contributed by atoms with Gasteiger partial charge < -0.3 is 5.11 Å². The van der Waals surface area contributed by atoms with Crippen molar-refractivity contribution in [1.82, 2.24) is 19.6 Å². The van der Waals surface area contributed by atoms with Crippen LogP contribution in [0.4, 0.5) is 0 Å². The van der Waals surface area contributed by atoms with Crippen molar-refractivity contribution < 1.29 is 9.90 Å². The van der Waals surface area contributed by atoms with Crippen LogP contribution in [0.3, 0.4) is 0 Å². The van der Waals surface area contributed by atoms with Gasteiger partial charge >= 0.3 is 5.97 Å². The molecule has 0 unspecified atom stereocenters. The molecule has 2 aromatic carbocycles. The Kier molecular flexibility index (Phi) is 3.62. The number of carbonyl (C=O) groups is 1. The predicted octanol–water partition coefficient (Wildman–Crippen LogP) is 4.31. The van der Waals surface area contributed by atoms with E-state index in [1.807, 2.05) is 59.1 Å². The molecule has 1 N–H and O–H groups in total. The van der Waals surface area contributed by atoms with E-state index >= 15 is 0 Å². The van der Waals surface area contributed by atoms with Crippen molar-refractivity contribution in [1.29, 1.82) is 0 Å². The van der Waals surface area contributed by atoms with Gasteiger partial charge in [-0.15, -0.1) is 10.2 Å². The number of aromatic nitrogens is 4. The zero-order valence-electron chi connectivity index (χ0n) is 14.6. The van der Waals surface area contributed by atoms with Crippen LogP contribution < -0.4 is 0 Å². The number of carboxylic acid groups (broad SMARTS) is 1. The minimum atomic E-state index is -0.947. The largest absolute Gasteiger partial charge is 0.478 e. The van der Waals surface area contributed by atoms with Crippen molar-refractivity contribution in [3.63, 3.8) is 0 Å². The molecule has 0 aliphatic carbocycles. The monoisotopic (exact) mass is 366 g/mol. The predicted molar refractivity (Wildman–Crippen MR) is 106 cm³/mol. The summed E-state index contributed by atoms with van der Waals surface area (Å²) in [4.78, 5) is 15.6. The number of aromatic carboxylic acids is 1.